The number of nitrogens with zero attached hydrogens (tertiary/aromatic N) is 1. The Bertz CT molecular complexity index is 242. The zero-order valence-electron chi connectivity index (χ0n) is 17.7. The molecule has 1 heterocycles. The van der Waals surface area contributed by atoms with E-state index in [2.05, 4.69) is 11.8 Å². The highest BCUT2D eigenvalue weighted by molar-refractivity contribution is 4.63. The summed E-state index contributed by atoms with van der Waals surface area (Å²) < 4.78 is 0. The Kier molecular flexibility index (Phi) is 17.2. The second kappa shape index (κ2) is 18.7. The maximum absolute atomic E-state index is 2.72. The predicted molar refractivity (Wildman–Crippen MR) is 114 cm³/mol. The monoisotopic (exact) mass is 351 g/mol. The van der Waals surface area contributed by atoms with Gasteiger partial charge in [-0.05, 0) is 38.9 Å². The summed E-state index contributed by atoms with van der Waals surface area (Å²) in [6.45, 7) is 6.42. The first-order valence-electron chi connectivity index (χ1n) is 12.2. The number of unbranched alkanes of at least 4 members (excludes halogenated alkanes) is 15. The summed E-state index contributed by atoms with van der Waals surface area (Å²) in [5, 5.41) is 0. The first kappa shape index (κ1) is 23.0. The van der Waals surface area contributed by atoms with Crippen LogP contribution in [0.25, 0.3) is 0 Å². The highest BCUT2D eigenvalue weighted by atomic mass is 15.1. The Morgan fingerprint density at radius 3 is 1.20 bits per heavy atom. The Morgan fingerprint density at radius 2 is 0.800 bits per heavy atom. The largest absolute Gasteiger partial charge is 0.303 e. The average molecular weight is 352 g/mol. The molecule has 1 rings (SSSR count). The molecular weight excluding hydrogens is 302 g/mol. The molecule has 1 aliphatic rings. The van der Waals surface area contributed by atoms with E-state index in [4.69, 9.17) is 0 Å². The average Bonchev–Trinajstić information content (AvgIpc) is 2.90. The standard InChI is InChI=1S/C24H49N/c1-2-3-4-5-6-7-8-9-10-11-12-13-14-15-16-19-22-25-23-20-17-18-21-24-25/h2-24H2,1H3. The molecule has 1 saturated heterocycles. The van der Waals surface area contributed by atoms with E-state index in [9.17, 15) is 0 Å². The van der Waals surface area contributed by atoms with Crippen LogP contribution in [0.2, 0.25) is 0 Å². The van der Waals surface area contributed by atoms with Gasteiger partial charge in [0.05, 0.1) is 0 Å². The molecule has 150 valence electrons. The number of hydrogen-bond acceptors (Lipinski definition) is 1. The molecule has 1 nitrogen and oxygen atoms in total. The zero-order chi connectivity index (χ0) is 17.8. The molecular formula is C24H49N. The van der Waals surface area contributed by atoms with Gasteiger partial charge in [-0.15, -0.1) is 0 Å². The van der Waals surface area contributed by atoms with Crippen LogP contribution in [0.4, 0.5) is 0 Å². The Balaban J connectivity index is 1.69. The van der Waals surface area contributed by atoms with Crippen LogP contribution < -0.4 is 0 Å². The van der Waals surface area contributed by atoms with Crippen molar-refractivity contribution in [3.05, 3.63) is 0 Å². The molecule has 0 aromatic rings. The minimum atomic E-state index is 1.37. The van der Waals surface area contributed by atoms with Gasteiger partial charge in [0.2, 0.25) is 0 Å². The van der Waals surface area contributed by atoms with Gasteiger partial charge in [0.1, 0.15) is 0 Å². The second-order valence-electron chi connectivity index (χ2n) is 8.56. The van der Waals surface area contributed by atoms with Crippen molar-refractivity contribution in [1.29, 1.82) is 0 Å². The normalized spacial score (nSPS) is 16.2. The van der Waals surface area contributed by atoms with E-state index in [1.54, 1.807) is 0 Å². The molecule has 0 atom stereocenters. The molecule has 1 heteroatoms. The summed E-state index contributed by atoms with van der Waals surface area (Å²) in [7, 11) is 0. The molecule has 0 N–H and O–H groups in total. The van der Waals surface area contributed by atoms with Crippen LogP contribution >= 0.6 is 0 Å². The molecule has 0 aromatic carbocycles. The van der Waals surface area contributed by atoms with Gasteiger partial charge in [-0.2, -0.15) is 0 Å². The first-order chi connectivity index (χ1) is 12.4. The Hall–Kier alpha value is -0.0400. The van der Waals surface area contributed by atoms with Gasteiger partial charge in [-0.25, -0.2) is 0 Å². The van der Waals surface area contributed by atoms with Crippen LogP contribution in [0.15, 0.2) is 0 Å². The van der Waals surface area contributed by atoms with Crippen molar-refractivity contribution in [3.8, 4) is 0 Å². The molecule has 0 aromatic heterocycles. The molecule has 0 bridgehead atoms. The van der Waals surface area contributed by atoms with Gasteiger partial charge in [-0.3, -0.25) is 0 Å². The third-order valence-corrected chi connectivity index (χ3v) is 6.03. The molecule has 1 fully saturated rings. The SMILES string of the molecule is CCCCCCCCCCCCCCCCCCN1CCCCCC1. The minimum absolute atomic E-state index is 1.37. The van der Waals surface area contributed by atoms with Crippen molar-refractivity contribution in [3.63, 3.8) is 0 Å². The van der Waals surface area contributed by atoms with Crippen LogP contribution in [0, 0.1) is 0 Å². The van der Waals surface area contributed by atoms with Crippen LogP contribution in [0.1, 0.15) is 135 Å². The first-order valence-corrected chi connectivity index (χ1v) is 12.2. The van der Waals surface area contributed by atoms with Gasteiger partial charge >= 0.3 is 0 Å². The summed E-state index contributed by atoms with van der Waals surface area (Å²) >= 11 is 0. The quantitative estimate of drug-likeness (QED) is 0.239. The van der Waals surface area contributed by atoms with E-state index in [1.807, 2.05) is 0 Å². The van der Waals surface area contributed by atoms with E-state index in [0.717, 1.165) is 0 Å². The third-order valence-electron chi connectivity index (χ3n) is 6.03. The van der Waals surface area contributed by atoms with Crippen LogP contribution in [0.5, 0.6) is 0 Å². The molecule has 1 aliphatic heterocycles. The summed E-state index contributed by atoms with van der Waals surface area (Å²) in [5.74, 6) is 0. The second-order valence-corrected chi connectivity index (χ2v) is 8.56. The van der Waals surface area contributed by atoms with Crippen molar-refractivity contribution >= 4 is 0 Å². The summed E-state index contributed by atoms with van der Waals surface area (Å²) in [6.07, 6.45) is 29.4. The lowest BCUT2D eigenvalue weighted by molar-refractivity contribution is 0.277. The maximum atomic E-state index is 2.72. The number of rotatable bonds is 17. The highest BCUT2D eigenvalue weighted by Gasteiger charge is 2.07. The van der Waals surface area contributed by atoms with E-state index in [0.29, 0.717) is 0 Å². The third kappa shape index (κ3) is 15.9. The van der Waals surface area contributed by atoms with E-state index >= 15 is 0 Å². The number of hydrogen-bond donors (Lipinski definition) is 0. The lowest BCUT2D eigenvalue weighted by atomic mass is 10.0. The van der Waals surface area contributed by atoms with Crippen molar-refractivity contribution in [2.24, 2.45) is 0 Å². The van der Waals surface area contributed by atoms with Crippen LogP contribution in [-0.4, -0.2) is 24.5 Å². The molecule has 0 aliphatic carbocycles. The predicted octanol–water partition coefficient (Wildman–Crippen LogP) is 8.12. The summed E-state index contributed by atoms with van der Waals surface area (Å²) in [4.78, 5) is 2.72. The van der Waals surface area contributed by atoms with Crippen molar-refractivity contribution in [1.82, 2.24) is 4.90 Å². The van der Waals surface area contributed by atoms with Gasteiger partial charge in [0, 0.05) is 0 Å². The summed E-state index contributed by atoms with van der Waals surface area (Å²) in [5.41, 5.74) is 0. The smallest absolute Gasteiger partial charge is 0.00187 e. The van der Waals surface area contributed by atoms with Gasteiger partial charge < -0.3 is 4.90 Å². The topological polar surface area (TPSA) is 3.24 Å². The van der Waals surface area contributed by atoms with Crippen LogP contribution in [0.3, 0.4) is 0 Å². The lowest BCUT2D eigenvalue weighted by Gasteiger charge is -2.19. The summed E-state index contributed by atoms with van der Waals surface area (Å²) in [6, 6.07) is 0. The molecule has 25 heavy (non-hydrogen) atoms. The molecule has 0 spiro atoms. The number of likely N-dealkylation sites (tertiary alicyclic amines) is 1. The van der Waals surface area contributed by atoms with Crippen LogP contribution in [-0.2, 0) is 0 Å². The lowest BCUT2D eigenvalue weighted by Crippen LogP contribution is -2.25. The Labute approximate surface area is 160 Å². The molecule has 0 radical (unpaired) electrons. The van der Waals surface area contributed by atoms with Crippen molar-refractivity contribution in [2.45, 2.75) is 135 Å². The van der Waals surface area contributed by atoms with Gasteiger partial charge in [-0.1, -0.05) is 116 Å². The van der Waals surface area contributed by atoms with Crippen molar-refractivity contribution in [2.75, 3.05) is 19.6 Å². The maximum Gasteiger partial charge on any atom is -0.00187 e. The fourth-order valence-corrected chi connectivity index (χ4v) is 4.24. The molecule has 0 saturated carbocycles. The van der Waals surface area contributed by atoms with Crippen molar-refractivity contribution < 1.29 is 0 Å². The van der Waals surface area contributed by atoms with Gasteiger partial charge in [0.25, 0.3) is 0 Å². The van der Waals surface area contributed by atoms with E-state index < -0.39 is 0 Å². The highest BCUT2D eigenvalue weighted by Crippen LogP contribution is 2.14. The molecule has 0 amide bonds. The van der Waals surface area contributed by atoms with E-state index in [1.165, 1.54) is 148 Å². The fourth-order valence-electron chi connectivity index (χ4n) is 4.24. The minimum Gasteiger partial charge on any atom is -0.303 e. The fraction of sp³-hybridized carbons (Fsp3) is 1.00. The van der Waals surface area contributed by atoms with Gasteiger partial charge in [0.15, 0.2) is 0 Å². The Morgan fingerprint density at radius 1 is 0.440 bits per heavy atom. The molecule has 0 unspecified atom stereocenters. The van der Waals surface area contributed by atoms with E-state index in [-0.39, 0.29) is 0 Å². The zero-order valence-corrected chi connectivity index (χ0v) is 17.7.